The van der Waals surface area contributed by atoms with Crippen LogP contribution in [0, 0.1) is 35.5 Å². The summed E-state index contributed by atoms with van der Waals surface area (Å²) in [5.74, 6) is 1.93. The second-order valence-electron chi connectivity index (χ2n) is 6.55. The van der Waals surface area contributed by atoms with Crippen LogP contribution < -0.4 is 0 Å². The average molecular weight is 329 g/mol. The first-order valence-electron chi connectivity index (χ1n) is 8.66. The van der Waals surface area contributed by atoms with E-state index in [1.165, 1.54) is 0 Å². The molecular formula is C17H27N7. The molecule has 2 rings (SSSR count). The number of aromatic nitrogens is 3. The monoisotopic (exact) mass is 329 g/mol. The molecule has 1 saturated heterocycles. The van der Waals surface area contributed by atoms with Gasteiger partial charge in [-0.3, -0.25) is 4.90 Å². The van der Waals surface area contributed by atoms with Crippen LogP contribution in [-0.4, -0.2) is 57.3 Å². The predicted molar refractivity (Wildman–Crippen MR) is 90.7 cm³/mol. The minimum atomic E-state index is -0.0421. The molecule has 24 heavy (non-hydrogen) atoms. The number of hydrogen-bond acceptors (Lipinski definition) is 6. The molecule has 1 aliphatic rings. The fourth-order valence-electron chi connectivity index (χ4n) is 3.39. The molecule has 2 heterocycles. The molecule has 0 spiro atoms. The summed E-state index contributed by atoms with van der Waals surface area (Å²) in [7, 11) is 2.13. The fourth-order valence-corrected chi connectivity index (χ4v) is 3.39. The van der Waals surface area contributed by atoms with E-state index in [1.807, 2.05) is 6.92 Å². The summed E-state index contributed by atoms with van der Waals surface area (Å²) in [6.07, 6.45) is 2.23. The second kappa shape index (κ2) is 8.77. The Morgan fingerprint density at radius 1 is 1.38 bits per heavy atom. The normalized spacial score (nSPS) is 19.3. The lowest BCUT2D eigenvalue weighted by Crippen LogP contribution is -2.36. The molecule has 7 heteroatoms. The predicted octanol–water partition coefficient (Wildman–Crippen LogP) is 1.56. The quantitative estimate of drug-likeness (QED) is 0.719. The Balaban J connectivity index is 1.86. The first-order chi connectivity index (χ1) is 11.6. The molecule has 2 atom stereocenters. The zero-order chi connectivity index (χ0) is 17.5. The van der Waals surface area contributed by atoms with E-state index in [9.17, 15) is 5.26 Å². The summed E-state index contributed by atoms with van der Waals surface area (Å²) >= 11 is 0. The van der Waals surface area contributed by atoms with Gasteiger partial charge in [0.1, 0.15) is 11.6 Å². The lowest BCUT2D eigenvalue weighted by Gasteiger charge is -2.25. The van der Waals surface area contributed by atoms with Gasteiger partial charge in [0.25, 0.3) is 0 Å². The van der Waals surface area contributed by atoms with E-state index in [0.29, 0.717) is 18.9 Å². The Morgan fingerprint density at radius 2 is 2.17 bits per heavy atom. The van der Waals surface area contributed by atoms with Gasteiger partial charge in [0.2, 0.25) is 0 Å². The van der Waals surface area contributed by atoms with Gasteiger partial charge in [0.15, 0.2) is 0 Å². The van der Waals surface area contributed by atoms with E-state index < -0.39 is 0 Å². The maximum atomic E-state index is 9.23. The highest BCUT2D eigenvalue weighted by molar-refractivity contribution is 4.96. The topological polar surface area (TPSA) is 84.8 Å². The number of hydrogen-bond donors (Lipinski definition) is 0. The minimum absolute atomic E-state index is 0.0421. The van der Waals surface area contributed by atoms with Gasteiger partial charge in [-0.05, 0) is 40.3 Å². The molecule has 0 aromatic carbocycles. The Bertz CT molecular complexity index is 609. The molecule has 0 amide bonds. The van der Waals surface area contributed by atoms with Gasteiger partial charge in [-0.25, -0.2) is 0 Å². The summed E-state index contributed by atoms with van der Waals surface area (Å²) < 4.78 is 2.15. The molecular weight excluding hydrogens is 302 g/mol. The average Bonchev–Trinajstić information content (AvgIpc) is 3.18. The highest BCUT2D eigenvalue weighted by atomic mass is 15.3. The Morgan fingerprint density at radius 3 is 2.83 bits per heavy atom. The van der Waals surface area contributed by atoms with Crippen molar-refractivity contribution in [3.8, 4) is 12.1 Å². The first-order valence-corrected chi connectivity index (χ1v) is 8.66. The van der Waals surface area contributed by atoms with Gasteiger partial charge in [-0.1, -0.05) is 0 Å². The van der Waals surface area contributed by atoms with Crippen LogP contribution in [0.4, 0.5) is 0 Å². The summed E-state index contributed by atoms with van der Waals surface area (Å²) in [5.41, 5.74) is 0. The van der Waals surface area contributed by atoms with E-state index in [1.54, 1.807) is 0 Å². The van der Waals surface area contributed by atoms with Gasteiger partial charge < -0.3 is 9.47 Å². The molecule has 0 bridgehead atoms. The minimum Gasteiger partial charge on any atom is -0.314 e. The molecule has 2 unspecified atom stereocenters. The summed E-state index contributed by atoms with van der Waals surface area (Å²) in [6.45, 7) is 8.54. The second-order valence-corrected chi connectivity index (χ2v) is 6.55. The van der Waals surface area contributed by atoms with E-state index >= 15 is 0 Å². The van der Waals surface area contributed by atoms with E-state index in [4.69, 9.17) is 5.26 Å². The Hall–Kier alpha value is -1.96. The first kappa shape index (κ1) is 18.4. The van der Waals surface area contributed by atoms with Gasteiger partial charge in [0.05, 0.1) is 24.6 Å². The van der Waals surface area contributed by atoms with Crippen molar-refractivity contribution in [1.29, 1.82) is 10.5 Å². The summed E-state index contributed by atoms with van der Waals surface area (Å²) in [5, 5.41) is 26.4. The molecule has 0 aliphatic carbocycles. The molecule has 1 aromatic rings. The van der Waals surface area contributed by atoms with Crippen LogP contribution in [-0.2, 0) is 13.1 Å². The molecule has 1 aromatic heterocycles. The van der Waals surface area contributed by atoms with Gasteiger partial charge in [-0.15, -0.1) is 10.2 Å². The maximum absolute atomic E-state index is 9.23. The van der Waals surface area contributed by atoms with Crippen LogP contribution >= 0.6 is 0 Å². The lowest BCUT2D eigenvalue weighted by molar-refractivity contribution is 0.212. The van der Waals surface area contributed by atoms with Crippen LogP contribution in [0.15, 0.2) is 0 Å². The van der Waals surface area contributed by atoms with Crippen molar-refractivity contribution in [3.05, 3.63) is 11.6 Å². The third-order valence-electron chi connectivity index (χ3n) is 4.86. The molecule has 0 N–H and O–H groups in total. The molecule has 0 radical (unpaired) electrons. The van der Waals surface area contributed by atoms with Gasteiger partial charge >= 0.3 is 0 Å². The number of nitrogens with zero attached hydrogens (tertiary/aromatic N) is 7. The van der Waals surface area contributed by atoms with E-state index in [0.717, 1.165) is 50.8 Å². The van der Waals surface area contributed by atoms with Crippen LogP contribution in [0.5, 0.6) is 0 Å². The van der Waals surface area contributed by atoms with E-state index in [2.05, 4.69) is 50.7 Å². The van der Waals surface area contributed by atoms with Crippen LogP contribution in [0.2, 0.25) is 0 Å². The lowest BCUT2D eigenvalue weighted by atomic mass is 10.1. The number of nitriles is 2. The van der Waals surface area contributed by atoms with Crippen molar-refractivity contribution in [2.45, 2.75) is 52.2 Å². The maximum Gasteiger partial charge on any atom is 0.147 e. The molecule has 7 nitrogen and oxygen atoms in total. The Kier molecular flexibility index (Phi) is 6.72. The summed E-state index contributed by atoms with van der Waals surface area (Å²) in [4.78, 5) is 4.69. The van der Waals surface area contributed by atoms with Crippen molar-refractivity contribution in [2.75, 3.05) is 26.7 Å². The Labute approximate surface area is 144 Å². The molecule has 1 aliphatic heterocycles. The van der Waals surface area contributed by atoms with E-state index in [-0.39, 0.29) is 5.92 Å². The molecule has 1 fully saturated rings. The van der Waals surface area contributed by atoms with Crippen molar-refractivity contribution < 1.29 is 0 Å². The zero-order valence-corrected chi connectivity index (χ0v) is 14.9. The number of likely N-dealkylation sites (tertiary alicyclic amines) is 1. The number of likely N-dealkylation sites (N-methyl/N-ethyl adjacent to an activating group) is 1. The number of aryl methyl sites for hydroxylation is 1. The van der Waals surface area contributed by atoms with Crippen molar-refractivity contribution in [1.82, 2.24) is 24.6 Å². The highest BCUT2D eigenvalue weighted by Gasteiger charge is 2.28. The third-order valence-corrected chi connectivity index (χ3v) is 4.86. The zero-order valence-electron chi connectivity index (χ0n) is 14.9. The largest absolute Gasteiger partial charge is 0.314 e. The number of rotatable bonds is 8. The summed E-state index contributed by atoms with van der Waals surface area (Å²) in [6, 6.07) is 4.94. The fraction of sp³-hybridized carbons (Fsp3) is 0.765. The van der Waals surface area contributed by atoms with Gasteiger partial charge in [0, 0.05) is 32.1 Å². The smallest absolute Gasteiger partial charge is 0.147 e. The van der Waals surface area contributed by atoms with Crippen LogP contribution in [0.25, 0.3) is 0 Å². The van der Waals surface area contributed by atoms with Crippen molar-refractivity contribution in [3.63, 3.8) is 0 Å². The van der Waals surface area contributed by atoms with Crippen molar-refractivity contribution >= 4 is 0 Å². The van der Waals surface area contributed by atoms with Gasteiger partial charge in [-0.2, -0.15) is 10.5 Å². The van der Waals surface area contributed by atoms with Crippen molar-refractivity contribution in [2.24, 2.45) is 5.92 Å². The van der Waals surface area contributed by atoms with Crippen LogP contribution in [0.1, 0.15) is 37.8 Å². The third kappa shape index (κ3) is 4.53. The molecule has 0 saturated carbocycles. The van der Waals surface area contributed by atoms with Crippen LogP contribution in [0.3, 0.4) is 0 Å². The standard InChI is InChI=1S/C17H27N7/c1-4-24-14(2)20-21-17(24)13-22(3)16-7-9-23(12-16)11-15(10-19)6-5-8-18/h15-16H,4-7,9,11-13H2,1-3H3. The molecule has 130 valence electrons. The highest BCUT2D eigenvalue weighted by Crippen LogP contribution is 2.19. The SMILES string of the molecule is CCn1c(C)nnc1CN(C)C1CCN(CC(C#N)CCC#N)C1.